The number of rotatable bonds is 5. The van der Waals surface area contributed by atoms with Crippen molar-refractivity contribution >= 4 is 0 Å². The molecule has 0 radical (unpaired) electrons. The molecule has 1 aromatic heterocycles. The highest BCUT2D eigenvalue weighted by molar-refractivity contribution is 5.20. The summed E-state index contributed by atoms with van der Waals surface area (Å²) >= 11 is 0. The van der Waals surface area contributed by atoms with Crippen molar-refractivity contribution in [3.05, 3.63) is 53.4 Å². The number of nitrogens with one attached hydrogen (secondary N) is 1. The summed E-state index contributed by atoms with van der Waals surface area (Å²) in [5.41, 5.74) is 1.74. The molecule has 0 aliphatic carbocycles. The van der Waals surface area contributed by atoms with Crippen LogP contribution in [0.4, 0.5) is 8.78 Å². The van der Waals surface area contributed by atoms with Crippen LogP contribution in [0.25, 0.3) is 0 Å². The molecule has 1 heterocycles. The normalized spacial score (nSPS) is 12.6. The monoisotopic (exact) mass is 265 g/mol. The van der Waals surface area contributed by atoms with E-state index in [0.29, 0.717) is 0 Å². The van der Waals surface area contributed by atoms with Crippen LogP contribution in [0, 0.1) is 11.6 Å². The molecule has 0 aliphatic rings. The first-order chi connectivity index (χ1) is 9.06. The molecule has 0 aliphatic heterocycles. The lowest BCUT2D eigenvalue weighted by Crippen LogP contribution is -2.21. The molecule has 2 rings (SSSR count). The second-order valence-corrected chi connectivity index (χ2v) is 4.58. The highest BCUT2D eigenvalue weighted by atomic mass is 19.2. The van der Waals surface area contributed by atoms with Crippen molar-refractivity contribution in [3.63, 3.8) is 0 Å². The van der Waals surface area contributed by atoms with Gasteiger partial charge in [-0.3, -0.25) is 4.68 Å². The zero-order valence-electron chi connectivity index (χ0n) is 11.0. The van der Waals surface area contributed by atoms with Crippen LogP contribution < -0.4 is 5.32 Å². The van der Waals surface area contributed by atoms with Gasteiger partial charge in [-0.2, -0.15) is 5.10 Å². The van der Waals surface area contributed by atoms with E-state index in [1.165, 1.54) is 6.07 Å². The third kappa shape index (κ3) is 3.61. The van der Waals surface area contributed by atoms with Crippen LogP contribution in [0.5, 0.6) is 0 Å². The van der Waals surface area contributed by atoms with Gasteiger partial charge in [0.2, 0.25) is 0 Å². The summed E-state index contributed by atoms with van der Waals surface area (Å²) < 4.78 is 27.7. The average Bonchev–Trinajstić information content (AvgIpc) is 2.78. The second kappa shape index (κ2) is 5.93. The van der Waals surface area contributed by atoms with E-state index in [1.54, 1.807) is 10.7 Å². The Morgan fingerprint density at radius 3 is 2.68 bits per heavy atom. The van der Waals surface area contributed by atoms with E-state index in [0.717, 1.165) is 30.3 Å². The van der Waals surface area contributed by atoms with E-state index in [-0.39, 0.29) is 6.04 Å². The van der Waals surface area contributed by atoms with Crippen molar-refractivity contribution in [2.75, 3.05) is 6.54 Å². The molecule has 2 aromatic rings. The van der Waals surface area contributed by atoms with Gasteiger partial charge in [0, 0.05) is 32.3 Å². The number of aromatic nitrogens is 2. The maximum absolute atomic E-state index is 13.1. The van der Waals surface area contributed by atoms with Gasteiger partial charge in [0.15, 0.2) is 11.6 Å². The van der Waals surface area contributed by atoms with E-state index in [1.807, 2.05) is 26.2 Å². The molecule has 5 heteroatoms. The minimum Gasteiger partial charge on any atom is -0.310 e. The third-order valence-corrected chi connectivity index (χ3v) is 3.04. The Labute approximate surface area is 111 Å². The van der Waals surface area contributed by atoms with Gasteiger partial charge >= 0.3 is 0 Å². The van der Waals surface area contributed by atoms with E-state index >= 15 is 0 Å². The number of hydrogen-bond acceptors (Lipinski definition) is 2. The Morgan fingerprint density at radius 1 is 1.26 bits per heavy atom. The van der Waals surface area contributed by atoms with Gasteiger partial charge in [0.1, 0.15) is 0 Å². The zero-order chi connectivity index (χ0) is 13.8. The minimum atomic E-state index is -0.815. The summed E-state index contributed by atoms with van der Waals surface area (Å²) in [6, 6.07) is 5.91. The molecule has 19 heavy (non-hydrogen) atoms. The molecule has 0 saturated heterocycles. The van der Waals surface area contributed by atoms with Crippen molar-refractivity contribution in [2.45, 2.75) is 19.4 Å². The quantitative estimate of drug-likeness (QED) is 0.900. The van der Waals surface area contributed by atoms with Crippen molar-refractivity contribution in [1.82, 2.24) is 15.1 Å². The number of nitrogens with zero attached hydrogens (tertiary/aromatic N) is 2. The average molecular weight is 265 g/mol. The zero-order valence-corrected chi connectivity index (χ0v) is 11.0. The maximum Gasteiger partial charge on any atom is 0.159 e. The summed E-state index contributed by atoms with van der Waals surface area (Å²) in [5.74, 6) is -1.62. The third-order valence-electron chi connectivity index (χ3n) is 3.04. The van der Waals surface area contributed by atoms with E-state index in [4.69, 9.17) is 0 Å². The topological polar surface area (TPSA) is 29.9 Å². The first-order valence-electron chi connectivity index (χ1n) is 6.23. The largest absolute Gasteiger partial charge is 0.310 e. The first-order valence-corrected chi connectivity index (χ1v) is 6.23. The SMILES string of the molecule is CC(NCCc1ccn(C)n1)c1ccc(F)c(F)c1. The van der Waals surface area contributed by atoms with Crippen LogP contribution in [0.3, 0.4) is 0 Å². The Kier molecular flexibility index (Phi) is 4.27. The molecule has 1 N–H and O–H groups in total. The fraction of sp³-hybridized carbons (Fsp3) is 0.357. The van der Waals surface area contributed by atoms with Gasteiger partial charge in [0.05, 0.1) is 5.69 Å². The second-order valence-electron chi connectivity index (χ2n) is 4.58. The molecule has 0 fully saturated rings. The summed E-state index contributed by atoms with van der Waals surface area (Å²) in [6.07, 6.45) is 2.70. The first kappa shape index (κ1) is 13.7. The maximum atomic E-state index is 13.1. The van der Waals surface area contributed by atoms with Crippen molar-refractivity contribution in [3.8, 4) is 0 Å². The van der Waals surface area contributed by atoms with Gasteiger partial charge < -0.3 is 5.32 Å². The van der Waals surface area contributed by atoms with Gasteiger partial charge in [-0.1, -0.05) is 6.07 Å². The lowest BCUT2D eigenvalue weighted by molar-refractivity contribution is 0.501. The van der Waals surface area contributed by atoms with Crippen LogP contribution in [0.2, 0.25) is 0 Å². The molecule has 1 atom stereocenters. The fourth-order valence-electron chi connectivity index (χ4n) is 1.91. The molecule has 1 unspecified atom stereocenters. The molecule has 3 nitrogen and oxygen atoms in total. The molecule has 0 bridgehead atoms. The number of aryl methyl sites for hydroxylation is 1. The van der Waals surface area contributed by atoms with Gasteiger partial charge in [-0.15, -0.1) is 0 Å². The highest BCUT2D eigenvalue weighted by Gasteiger charge is 2.08. The van der Waals surface area contributed by atoms with Crippen molar-refractivity contribution in [2.24, 2.45) is 7.05 Å². The Bertz CT molecular complexity index is 551. The molecule has 0 saturated carbocycles. The summed E-state index contributed by atoms with van der Waals surface area (Å²) in [7, 11) is 1.88. The van der Waals surface area contributed by atoms with Crippen LogP contribution in [0.1, 0.15) is 24.2 Å². The lowest BCUT2D eigenvalue weighted by Gasteiger charge is -2.14. The molecule has 0 spiro atoms. The van der Waals surface area contributed by atoms with Crippen LogP contribution >= 0.6 is 0 Å². The Morgan fingerprint density at radius 2 is 2.05 bits per heavy atom. The Balaban J connectivity index is 1.86. The van der Waals surface area contributed by atoms with Crippen LogP contribution in [0.15, 0.2) is 30.5 Å². The van der Waals surface area contributed by atoms with Crippen LogP contribution in [-0.2, 0) is 13.5 Å². The Hall–Kier alpha value is -1.75. The smallest absolute Gasteiger partial charge is 0.159 e. The summed E-state index contributed by atoms with van der Waals surface area (Å²) in [5, 5.41) is 7.54. The predicted octanol–water partition coefficient (Wildman–Crippen LogP) is 2.59. The highest BCUT2D eigenvalue weighted by Crippen LogP contribution is 2.15. The van der Waals surface area contributed by atoms with Gasteiger partial charge in [-0.25, -0.2) is 8.78 Å². The standard InChI is InChI=1S/C14H17F2N3/c1-10(11-3-4-13(15)14(16)9-11)17-7-5-12-6-8-19(2)18-12/h3-4,6,8-10,17H,5,7H2,1-2H3. The van der Waals surface area contributed by atoms with E-state index in [9.17, 15) is 8.78 Å². The van der Waals surface area contributed by atoms with E-state index < -0.39 is 11.6 Å². The van der Waals surface area contributed by atoms with Crippen LogP contribution in [-0.4, -0.2) is 16.3 Å². The summed E-state index contributed by atoms with van der Waals surface area (Å²) in [4.78, 5) is 0. The number of hydrogen-bond donors (Lipinski definition) is 1. The predicted molar refractivity (Wildman–Crippen MR) is 69.7 cm³/mol. The van der Waals surface area contributed by atoms with Crippen molar-refractivity contribution < 1.29 is 8.78 Å². The van der Waals surface area contributed by atoms with Gasteiger partial charge in [-0.05, 0) is 30.7 Å². The molecule has 0 amide bonds. The molecular weight excluding hydrogens is 248 g/mol. The molecule has 102 valence electrons. The fourth-order valence-corrected chi connectivity index (χ4v) is 1.91. The molecular formula is C14H17F2N3. The van der Waals surface area contributed by atoms with E-state index in [2.05, 4.69) is 10.4 Å². The minimum absolute atomic E-state index is 0.0289. The number of halogens is 2. The summed E-state index contributed by atoms with van der Waals surface area (Å²) in [6.45, 7) is 2.66. The number of benzene rings is 1. The van der Waals surface area contributed by atoms with Gasteiger partial charge in [0.25, 0.3) is 0 Å². The van der Waals surface area contributed by atoms with Crippen molar-refractivity contribution in [1.29, 1.82) is 0 Å². The molecule has 1 aromatic carbocycles. The lowest BCUT2D eigenvalue weighted by atomic mass is 10.1.